The quantitative estimate of drug-likeness (QED) is 0.762. The molecule has 1 N–H and O–H groups in total. The Morgan fingerprint density at radius 3 is 2.50 bits per heavy atom. The van der Waals surface area contributed by atoms with Crippen LogP contribution in [0.1, 0.15) is 18.5 Å². The summed E-state index contributed by atoms with van der Waals surface area (Å²) in [6, 6.07) is 17.2. The fraction of sp³-hybridized carbons (Fsp3) is 0.200. The zero-order chi connectivity index (χ0) is 13.0. The van der Waals surface area contributed by atoms with Gasteiger partial charge in [0, 0.05) is 21.1 Å². The first-order valence-corrected chi connectivity index (χ1v) is 7.87. The van der Waals surface area contributed by atoms with E-state index in [9.17, 15) is 0 Å². The molecule has 1 nitrogen and oxygen atoms in total. The lowest BCUT2D eigenvalue weighted by atomic mass is 10.1. The van der Waals surface area contributed by atoms with E-state index in [1.165, 1.54) is 10.5 Å². The highest BCUT2D eigenvalue weighted by atomic mass is 79.9. The average molecular weight is 322 g/mol. The monoisotopic (exact) mass is 321 g/mol. The third-order valence-corrected chi connectivity index (χ3v) is 4.08. The molecule has 94 valence electrons. The Hall–Kier alpha value is -0.930. The summed E-state index contributed by atoms with van der Waals surface area (Å²) in [6.45, 7) is 2.18. The molecule has 0 saturated heterocycles. The van der Waals surface area contributed by atoms with E-state index in [-0.39, 0.29) is 0 Å². The van der Waals surface area contributed by atoms with Crippen LogP contribution in [0.3, 0.4) is 0 Å². The minimum atomic E-state index is 0.301. The summed E-state index contributed by atoms with van der Waals surface area (Å²) in [5, 5.41) is 3.52. The van der Waals surface area contributed by atoms with Gasteiger partial charge in [0.2, 0.25) is 0 Å². The van der Waals surface area contributed by atoms with Crippen LogP contribution in [0.5, 0.6) is 0 Å². The van der Waals surface area contributed by atoms with Crippen molar-refractivity contribution in [2.24, 2.45) is 0 Å². The van der Waals surface area contributed by atoms with Crippen LogP contribution in [-0.4, -0.2) is 6.26 Å². The standard InChI is InChI=1S/C15H16BrNS/c1-11(12-6-8-13(16)9-7-12)17-14-4-3-5-15(10-14)18-2/h3-11,17H,1-2H3. The van der Waals surface area contributed by atoms with Gasteiger partial charge in [-0.2, -0.15) is 0 Å². The number of nitrogens with one attached hydrogen (secondary N) is 1. The molecule has 0 bridgehead atoms. The first-order valence-electron chi connectivity index (χ1n) is 5.85. The van der Waals surface area contributed by atoms with E-state index in [1.54, 1.807) is 11.8 Å². The van der Waals surface area contributed by atoms with E-state index in [4.69, 9.17) is 0 Å². The van der Waals surface area contributed by atoms with Crippen molar-refractivity contribution >= 4 is 33.4 Å². The molecule has 1 unspecified atom stereocenters. The van der Waals surface area contributed by atoms with Gasteiger partial charge in [-0.15, -0.1) is 11.8 Å². The van der Waals surface area contributed by atoms with Gasteiger partial charge in [-0.25, -0.2) is 0 Å². The molecule has 2 aromatic rings. The molecule has 0 heterocycles. The number of halogens is 1. The largest absolute Gasteiger partial charge is 0.378 e. The molecule has 0 radical (unpaired) electrons. The van der Waals surface area contributed by atoms with E-state index >= 15 is 0 Å². The number of hydrogen-bond donors (Lipinski definition) is 1. The van der Waals surface area contributed by atoms with Gasteiger partial charge < -0.3 is 5.32 Å². The Bertz CT molecular complexity index is 510. The summed E-state index contributed by atoms with van der Waals surface area (Å²) < 4.78 is 1.11. The van der Waals surface area contributed by atoms with Gasteiger partial charge in [-0.3, -0.25) is 0 Å². The molecule has 1 atom stereocenters. The first kappa shape index (κ1) is 13.5. The van der Waals surface area contributed by atoms with Crippen LogP contribution in [0.2, 0.25) is 0 Å². The van der Waals surface area contributed by atoms with E-state index in [2.05, 4.69) is 83.0 Å². The molecule has 0 aliphatic carbocycles. The fourth-order valence-electron chi connectivity index (χ4n) is 1.80. The Kier molecular flexibility index (Phi) is 4.72. The van der Waals surface area contributed by atoms with Crippen molar-refractivity contribution < 1.29 is 0 Å². The summed E-state index contributed by atoms with van der Waals surface area (Å²) in [5.74, 6) is 0. The molecule has 0 spiro atoms. The number of anilines is 1. The van der Waals surface area contributed by atoms with Crippen molar-refractivity contribution in [3.63, 3.8) is 0 Å². The van der Waals surface area contributed by atoms with Crippen LogP contribution in [0, 0.1) is 0 Å². The van der Waals surface area contributed by atoms with Crippen LogP contribution >= 0.6 is 27.7 Å². The van der Waals surface area contributed by atoms with Crippen molar-refractivity contribution in [1.82, 2.24) is 0 Å². The number of rotatable bonds is 4. The lowest BCUT2D eigenvalue weighted by Crippen LogP contribution is -2.06. The van der Waals surface area contributed by atoms with Crippen LogP contribution in [0.15, 0.2) is 57.9 Å². The minimum absolute atomic E-state index is 0.301. The minimum Gasteiger partial charge on any atom is -0.378 e. The molecule has 2 aromatic carbocycles. The van der Waals surface area contributed by atoms with Crippen molar-refractivity contribution in [1.29, 1.82) is 0 Å². The summed E-state index contributed by atoms with van der Waals surface area (Å²) in [6.07, 6.45) is 2.09. The molecule has 0 amide bonds. The summed E-state index contributed by atoms with van der Waals surface area (Å²) in [7, 11) is 0. The molecule has 0 aliphatic rings. The zero-order valence-corrected chi connectivity index (χ0v) is 12.9. The van der Waals surface area contributed by atoms with E-state index in [1.807, 2.05) is 0 Å². The lowest BCUT2D eigenvalue weighted by molar-refractivity contribution is 0.883. The fourth-order valence-corrected chi connectivity index (χ4v) is 2.52. The zero-order valence-electron chi connectivity index (χ0n) is 10.5. The molecule has 0 aliphatic heterocycles. The summed E-state index contributed by atoms with van der Waals surface area (Å²) >= 11 is 5.22. The molecule has 0 saturated carbocycles. The highest BCUT2D eigenvalue weighted by Crippen LogP contribution is 2.24. The molecule has 18 heavy (non-hydrogen) atoms. The normalized spacial score (nSPS) is 12.2. The Morgan fingerprint density at radius 1 is 1.11 bits per heavy atom. The van der Waals surface area contributed by atoms with Gasteiger partial charge >= 0.3 is 0 Å². The molecular weight excluding hydrogens is 306 g/mol. The third kappa shape index (κ3) is 3.53. The van der Waals surface area contributed by atoms with Crippen LogP contribution in [0.4, 0.5) is 5.69 Å². The van der Waals surface area contributed by atoms with Crippen LogP contribution in [-0.2, 0) is 0 Å². The Labute approximate surface area is 121 Å². The number of benzene rings is 2. The maximum absolute atomic E-state index is 3.52. The highest BCUT2D eigenvalue weighted by Gasteiger charge is 2.05. The first-order chi connectivity index (χ1) is 8.69. The molecule has 0 aromatic heterocycles. The molecule has 0 fully saturated rings. The van der Waals surface area contributed by atoms with Gasteiger partial charge in [0.15, 0.2) is 0 Å². The molecular formula is C15H16BrNS. The summed E-state index contributed by atoms with van der Waals surface area (Å²) in [4.78, 5) is 1.28. The van der Waals surface area contributed by atoms with Crippen molar-refractivity contribution in [3.05, 3.63) is 58.6 Å². The maximum Gasteiger partial charge on any atom is 0.0485 e. The predicted octanol–water partition coefficient (Wildman–Crippen LogP) is 5.34. The van der Waals surface area contributed by atoms with E-state index < -0.39 is 0 Å². The second-order valence-corrected chi connectivity index (χ2v) is 5.94. The van der Waals surface area contributed by atoms with Gasteiger partial charge in [0.1, 0.15) is 0 Å². The van der Waals surface area contributed by atoms with Gasteiger partial charge in [-0.1, -0.05) is 34.1 Å². The summed E-state index contributed by atoms with van der Waals surface area (Å²) in [5.41, 5.74) is 2.45. The van der Waals surface area contributed by atoms with E-state index in [0.717, 1.165) is 10.2 Å². The van der Waals surface area contributed by atoms with E-state index in [0.29, 0.717) is 6.04 Å². The van der Waals surface area contributed by atoms with Crippen molar-refractivity contribution in [3.8, 4) is 0 Å². The SMILES string of the molecule is CSc1cccc(NC(C)c2ccc(Br)cc2)c1. The second-order valence-electron chi connectivity index (χ2n) is 4.15. The van der Waals surface area contributed by atoms with Crippen LogP contribution in [0.25, 0.3) is 0 Å². The van der Waals surface area contributed by atoms with Crippen LogP contribution < -0.4 is 5.32 Å². The number of hydrogen-bond acceptors (Lipinski definition) is 2. The lowest BCUT2D eigenvalue weighted by Gasteiger charge is -2.16. The average Bonchev–Trinajstić information content (AvgIpc) is 2.39. The maximum atomic E-state index is 3.52. The Morgan fingerprint density at radius 2 is 1.83 bits per heavy atom. The van der Waals surface area contributed by atoms with Crippen molar-refractivity contribution in [2.75, 3.05) is 11.6 Å². The third-order valence-electron chi connectivity index (χ3n) is 2.82. The van der Waals surface area contributed by atoms with Crippen molar-refractivity contribution in [2.45, 2.75) is 17.9 Å². The predicted molar refractivity (Wildman–Crippen MR) is 84.4 cm³/mol. The highest BCUT2D eigenvalue weighted by molar-refractivity contribution is 9.10. The second kappa shape index (κ2) is 6.30. The van der Waals surface area contributed by atoms with Gasteiger partial charge in [-0.05, 0) is 49.1 Å². The van der Waals surface area contributed by atoms with Gasteiger partial charge in [0.25, 0.3) is 0 Å². The topological polar surface area (TPSA) is 12.0 Å². The smallest absolute Gasteiger partial charge is 0.0485 e. The Balaban J connectivity index is 2.10. The molecule has 3 heteroatoms. The number of thioether (sulfide) groups is 1. The van der Waals surface area contributed by atoms with Gasteiger partial charge in [0.05, 0.1) is 0 Å². The molecule has 2 rings (SSSR count).